The minimum atomic E-state index is -0.744. The third kappa shape index (κ3) is 5.79. The second-order valence-electron chi connectivity index (χ2n) is 6.56. The number of halogens is 1. The summed E-state index contributed by atoms with van der Waals surface area (Å²) in [4.78, 5) is 35.9. The van der Waals surface area contributed by atoms with E-state index in [2.05, 4.69) is 10.6 Å². The number of rotatable bonds is 6. The van der Waals surface area contributed by atoms with Gasteiger partial charge < -0.3 is 29.6 Å². The average molecular weight is 449 g/mol. The number of ether oxygens (including phenoxy) is 4. The first-order chi connectivity index (χ1) is 14.9. The van der Waals surface area contributed by atoms with Crippen LogP contribution in [0.15, 0.2) is 30.3 Å². The quantitative estimate of drug-likeness (QED) is 0.652. The summed E-state index contributed by atoms with van der Waals surface area (Å²) >= 11 is 6.18. The van der Waals surface area contributed by atoms with Crippen LogP contribution in [0.2, 0.25) is 5.02 Å². The fourth-order valence-electron chi connectivity index (χ4n) is 2.84. The van der Waals surface area contributed by atoms with Gasteiger partial charge in [0.25, 0.3) is 5.91 Å². The van der Waals surface area contributed by atoms with Gasteiger partial charge in [-0.2, -0.15) is 0 Å². The number of amides is 2. The topological polar surface area (TPSA) is 112 Å². The molecule has 0 spiro atoms. The molecule has 9 nitrogen and oxygen atoms in total. The Bertz CT molecular complexity index is 1010. The maximum atomic E-state index is 12.4. The van der Waals surface area contributed by atoms with Crippen molar-refractivity contribution in [2.75, 3.05) is 37.6 Å². The summed E-state index contributed by atoms with van der Waals surface area (Å²) in [6, 6.07) is 7.61. The molecule has 0 radical (unpaired) electrons. The first kappa shape index (κ1) is 22.2. The van der Waals surface area contributed by atoms with Crippen LogP contribution < -0.4 is 24.8 Å². The summed E-state index contributed by atoms with van der Waals surface area (Å²) in [5.74, 6) is -0.493. The number of carbonyl (C=O) groups excluding carboxylic acids is 3. The molecule has 1 heterocycles. The molecule has 3 rings (SSSR count). The van der Waals surface area contributed by atoms with Gasteiger partial charge in [-0.3, -0.25) is 9.59 Å². The maximum Gasteiger partial charge on any atom is 0.338 e. The van der Waals surface area contributed by atoms with Gasteiger partial charge in [-0.15, -0.1) is 0 Å². The molecule has 1 aliphatic rings. The van der Waals surface area contributed by atoms with E-state index in [1.165, 1.54) is 32.2 Å². The fourth-order valence-corrected chi connectivity index (χ4v) is 3.10. The van der Waals surface area contributed by atoms with Crippen molar-refractivity contribution in [3.05, 3.63) is 40.9 Å². The lowest BCUT2D eigenvalue weighted by molar-refractivity contribution is -0.119. The fraction of sp³-hybridized carbons (Fsp3) is 0.286. The van der Waals surface area contributed by atoms with E-state index in [4.69, 9.17) is 30.5 Å². The van der Waals surface area contributed by atoms with Crippen LogP contribution in [0.1, 0.15) is 23.7 Å². The summed E-state index contributed by atoms with van der Waals surface area (Å²) in [5, 5.41) is 5.42. The molecule has 0 saturated heterocycles. The Morgan fingerprint density at radius 3 is 2.61 bits per heavy atom. The van der Waals surface area contributed by atoms with Crippen LogP contribution in [-0.2, 0) is 14.3 Å². The monoisotopic (exact) mass is 448 g/mol. The molecule has 2 aromatic carbocycles. The van der Waals surface area contributed by atoms with Gasteiger partial charge in [-0.1, -0.05) is 11.6 Å². The van der Waals surface area contributed by atoms with Crippen molar-refractivity contribution in [3.8, 4) is 17.2 Å². The van der Waals surface area contributed by atoms with E-state index in [9.17, 15) is 14.4 Å². The third-order valence-electron chi connectivity index (χ3n) is 4.17. The molecule has 0 saturated carbocycles. The van der Waals surface area contributed by atoms with Crippen LogP contribution >= 0.6 is 11.6 Å². The van der Waals surface area contributed by atoms with Crippen LogP contribution in [0.3, 0.4) is 0 Å². The molecule has 0 atom stereocenters. The highest BCUT2D eigenvalue weighted by molar-refractivity contribution is 6.32. The van der Waals surface area contributed by atoms with Crippen molar-refractivity contribution in [2.24, 2.45) is 0 Å². The molecule has 0 fully saturated rings. The Morgan fingerprint density at radius 2 is 1.87 bits per heavy atom. The van der Waals surface area contributed by atoms with E-state index >= 15 is 0 Å². The van der Waals surface area contributed by atoms with Crippen molar-refractivity contribution in [2.45, 2.75) is 13.3 Å². The van der Waals surface area contributed by atoms with Crippen molar-refractivity contribution >= 4 is 40.8 Å². The molecule has 164 valence electrons. The molecule has 0 bridgehead atoms. The predicted octanol–water partition coefficient (Wildman–Crippen LogP) is 3.26. The maximum absolute atomic E-state index is 12.4. The van der Waals surface area contributed by atoms with Crippen LogP contribution in [-0.4, -0.2) is 44.7 Å². The molecular formula is C21H21ClN2O7. The first-order valence-corrected chi connectivity index (χ1v) is 9.77. The first-order valence-electron chi connectivity index (χ1n) is 9.39. The van der Waals surface area contributed by atoms with Crippen molar-refractivity contribution in [1.29, 1.82) is 0 Å². The standard InChI is InChI=1S/C21H21ClN2O7/c1-12(25)23-14-4-5-17(28-2)16(10-14)24-19(26)11-31-21(27)13-8-15(22)20-18(9-13)29-6-3-7-30-20/h4-5,8-10H,3,6-7,11H2,1-2H3,(H,23,25)(H,24,26). The van der Waals surface area contributed by atoms with E-state index in [1.807, 2.05) is 0 Å². The van der Waals surface area contributed by atoms with Gasteiger partial charge >= 0.3 is 5.97 Å². The Labute approximate surface area is 183 Å². The molecule has 0 unspecified atom stereocenters. The number of carbonyl (C=O) groups is 3. The van der Waals surface area contributed by atoms with E-state index < -0.39 is 18.5 Å². The molecule has 2 amide bonds. The molecule has 1 aliphatic heterocycles. The summed E-state index contributed by atoms with van der Waals surface area (Å²) < 4.78 is 21.4. The molecular weight excluding hydrogens is 428 g/mol. The van der Waals surface area contributed by atoms with Crippen LogP contribution in [0.4, 0.5) is 11.4 Å². The zero-order chi connectivity index (χ0) is 22.4. The number of methoxy groups -OCH3 is 1. The minimum absolute atomic E-state index is 0.132. The van der Waals surface area contributed by atoms with Gasteiger partial charge in [0, 0.05) is 19.0 Å². The molecule has 10 heteroatoms. The van der Waals surface area contributed by atoms with E-state index in [0.717, 1.165) is 0 Å². The highest BCUT2D eigenvalue weighted by atomic mass is 35.5. The zero-order valence-corrected chi connectivity index (χ0v) is 17.7. The van der Waals surface area contributed by atoms with E-state index in [1.54, 1.807) is 12.1 Å². The molecule has 2 N–H and O–H groups in total. The lowest BCUT2D eigenvalue weighted by atomic mass is 10.2. The number of fused-ring (bicyclic) bond motifs is 1. The second-order valence-corrected chi connectivity index (χ2v) is 6.96. The SMILES string of the molecule is COc1ccc(NC(C)=O)cc1NC(=O)COC(=O)c1cc(Cl)c2c(c1)OCCCO2. The third-order valence-corrected chi connectivity index (χ3v) is 4.45. The van der Waals surface area contributed by atoms with Crippen molar-refractivity contribution < 1.29 is 33.3 Å². The Kier molecular flexibility index (Phi) is 7.19. The van der Waals surface area contributed by atoms with Gasteiger partial charge in [0.1, 0.15) is 5.75 Å². The lowest BCUT2D eigenvalue weighted by Crippen LogP contribution is -2.21. The molecule has 2 aromatic rings. The van der Waals surface area contributed by atoms with E-state index in [0.29, 0.717) is 48.3 Å². The van der Waals surface area contributed by atoms with Crippen LogP contribution in [0, 0.1) is 0 Å². The van der Waals surface area contributed by atoms with Gasteiger partial charge in [-0.05, 0) is 30.3 Å². The number of benzene rings is 2. The van der Waals surface area contributed by atoms with Gasteiger partial charge in [0.05, 0.1) is 36.6 Å². The summed E-state index contributed by atoms with van der Waals surface area (Å²) in [6.07, 6.45) is 0.692. The number of anilines is 2. The zero-order valence-electron chi connectivity index (χ0n) is 17.0. The Hall–Kier alpha value is -3.46. The summed E-state index contributed by atoms with van der Waals surface area (Å²) in [7, 11) is 1.44. The number of hydrogen-bond acceptors (Lipinski definition) is 7. The largest absolute Gasteiger partial charge is 0.495 e. The van der Waals surface area contributed by atoms with E-state index in [-0.39, 0.29) is 16.5 Å². The number of hydrogen-bond donors (Lipinski definition) is 2. The van der Waals surface area contributed by atoms with Gasteiger partial charge in [0.15, 0.2) is 18.1 Å². The number of esters is 1. The second kappa shape index (κ2) is 10.0. The van der Waals surface area contributed by atoms with Crippen molar-refractivity contribution in [3.63, 3.8) is 0 Å². The predicted molar refractivity (Wildman–Crippen MR) is 113 cm³/mol. The van der Waals surface area contributed by atoms with Gasteiger partial charge in [0.2, 0.25) is 5.91 Å². The smallest absolute Gasteiger partial charge is 0.338 e. The Balaban J connectivity index is 1.65. The molecule has 31 heavy (non-hydrogen) atoms. The average Bonchev–Trinajstić information content (AvgIpc) is 2.98. The highest BCUT2D eigenvalue weighted by Gasteiger charge is 2.20. The Morgan fingerprint density at radius 1 is 1.10 bits per heavy atom. The molecule has 0 aliphatic carbocycles. The summed E-state index contributed by atoms with van der Waals surface area (Å²) in [5.41, 5.74) is 0.920. The summed E-state index contributed by atoms with van der Waals surface area (Å²) in [6.45, 7) is 1.72. The lowest BCUT2D eigenvalue weighted by Gasteiger charge is -2.13. The molecule has 0 aromatic heterocycles. The number of nitrogens with one attached hydrogen (secondary N) is 2. The van der Waals surface area contributed by atoms with Crippen molar-refractivity contribution in [1.82, 2.24) is 0 Å². The van der Waals surface area contributed by atoms with Crippen LogP contribution in [0.25, 0.3) is 0 Å². The van der Waals surface area contributed by atoms with Crippen LogP contribution in [0.5, 0.6) is 17.2 Å². The minimum Gasteiger partial charge on any atom is -0.495 e. The highest BCUT2D eigenvalue weighted by Crippen LogP contribution is 2.38. The normalized spacial score (nSPS) is 12.4. The van der Waals surface area contributed by atoms with Gasteiger partial charge in [-0.25, -0.2) is 4.79 Å².